The van der Waals surface area contributed by atoms with Crippen molar-refractivity contribution in [2.24, 2.45) is 0 Å². The maximum Gasteiger partial charge on any atom is 0.0701 e. The van der Waals surface area contributed by atoms with Crippen LogP contribution in [0, 0.1) is 0 Å². The summed E-state index contributed by atoms with van der Waals surface area (Å²) in [7, 11) is 2.17. The van der Waals surface area contributed by atoms with Crippen molar-refractivity contribution in [1.82, 2.24) is 10.2 Å². The molecule has 0 bridgehead atoms. The number of likely N-dealkylation sites (N-methyl/N-ethyl adjacent to an activating group) is 1. The van der Waals surface area contributed by atoms with Crippen LogP contribution in [0.1, 0.15) is 19.3 Å². The van der Waals surface area contributed by atoms with Crippen molar-refractivity contribution in [1.29, 1.82) is 0 Å². The van der Waals surface area contributed by atoms with Gasteiger partial charge in [-0.15, -0.1) is 0 Å². The quantitative estimate of drug-likeness (QED) is 0.758. The predicted octanol–water partition coefficient (Wildman–Crippen LogP) is 0.476. The van der Waals surface area contributed by atoms with E-state index >= 15 is 0 Å². The Bertz CT molecular complexity index is 169. The molecule has 4 nitrogen and oxygen atoms in total. The van der Waals surface area contributed by atoms with Gasteiger partial charge in [0.1, 0.15) is 0 Å². The summed E-state index contributed by atoms with van der Waals surface area (Å²) in [5.74, 6) is 0. The van der Waals surface area contributed by atoms with E-state index < -0.39 is 0 Å². The molecule has 2 atom stereocenters. The number of rotatable bonds is 4. The summed E-state index contributed by atoms with van der Waals surface area (Å²) >= 11 is 0. The predicted molar refractivity (Wildman–Crippen MR) is 63.7 cm³/mol. The lowest BCUT2D eigenvalue weighted by Gasteiger charge is -2.31. The second-order valence-electron chi connectivity index (χ2n) is 4.94. The first-order chi connectivity index (χ1) is 7.84. The minimum absolute atomic E-state index is 0.447. The fraction of sp³-hybridized carbons (Fsp3) is 1.00. The van der Waals surface area contributed by atoms with Gasteiger partial charge in [-0.2, -0.15) is 0 Å². The number of hydrogen-bond donors (Lipinski definition) is 1. The molecule has 0 aromatic carbocycles. The highest BCUT2D eigenvalue weighted by molar-refractivity contribution is 4.75. The van der Waals surface area contributed by atoms with E-state index in [1.165, 1.54) is 19.3 Å². The van der Waals surface area contributed by atoms with Gasteiger partial charge >= 0.3 is 0 Å². The van der Waals surface area contributed by atoms with Gasteiger partial charge in [0.05, 0.1) is 19.3 Å². The lowest BCUT2D eigenvalue weighted by molar-refractivity contribution is -0.00682. The van der Waals surface area contributed by atoms with Gasteiger partial charge in [-0.05, 0) is 26.3 Å². The van der Waals surface area contributed by atoms with Crippen molar-refractivity contribution in [3.05, 3.63) is 0 Å². The zero-order valence-corrected chi connectivity index (χ0v) is 10.3. The summed E-state index contributed by atoms with van der Waals surface area (Å²) in [5, 5.41) is 3.48. The molecule has 4 heteroatoms. The summed E-state index contributed by atoms with van der Waals surface area (Å²) in [6.07, 6.45) is 4.23. The first-order valence-electron chi connectivity index (χ1n) is 6.46. The van der Waals surface area contributed by atoms with Gasteiger partial charge < -0.3 is 19.7 Å². The van der Waals surface area contributed by atoms with Crippen LogP contribution in [-0.2, 0) is 9.47 Å². The van der Waals surface area contributed by atoms with E-state index in [9.17, 15) is 0 Å². The zero-order valence-electron chi connectivity index (χ0n) is 10.3. The molecule has 2 fully saturated rings. The number of nitrogens with zero attached hydrogens (tertiary/aromatic N) is 1. The molecule has 2 unspecified atom stereocenters. The lowest BCUT2D eigenvalue weighted by Crippen LogP contribution is -2.49. The van der Waals surface area contributed by atoms with Gasteiger partial charge in [0, 0.05) is 32.3 Å². The molecule has 2 saturated heterocycles. The molecule has 0 spiro atoms. The SMILES string of the molecule is CN(CC1COCCN1)CC1CCCCO1. The van der Waals surface area contributed by atoms with Crippen molar-refractivity contribution >= 4 is 0 Å². The van der Waals surface area contributed by atoms with Crippen molar-refractivity contribution in [2.75, 3.05) is 46.5 Å². The maximum atomic E-state index is 5.74. The van der Waals surface area contributed by atoms with E-state index in [0.29, 0.717) is 12.1 Å². The standard InChI is InChI=1S/C12H24N2O2/c1-14(8-11-10-15-7-5-13-11)9-12-4-2-3-6-16-12/h11-13H,2-10H2,1H3. The molecule has 0 radical (unpaired) electrons. The number of hydrogen-bond acceptors (Lipinski definition) is 4. The van der Waals surface area contributed by atoms with E-state index in [2.05, 4.69) is 17.3 Å². The summed E-state index contributed by atoms with van der Waals surface area (Å²) in [5.41, 5.74) is 0. The maximum absolute atomic E-state index is 5.74. The summed E-state index contributed by atoms with van der Waals surface area (Å²) < 4.78 is 11.2. The third-order valence-corrected chi connectivity index (χ3v) is 3.32. The van der Waals surface area contributed by atoms with Gasteiger partial charge in [0.2, 0.25) is 0 Å². The van der Waals surface area contributed by atoms with Crippen LogP contribution in [0.4, 0.5) is 0 Å². The van der Waals surface area contributed by atoms with Gasteiger partial charge in [-0.25, -0.2) is 0 Å². The van der Waals surface area contributed by atoms with Crippen LogP contribution in [-0.4, -0.2) is 63.5 Å². The third-order valence-electron chi connectivity index (χ3n) is 3.32. The van der Waals surface area contributed by atoms with Gasteiger partial charge in [-0.1, -0.05) is 0 Å². The summed E-state index contributed by atoms with van der Waals surface area (Å²) in [6.45, 7) is 5.74. The second kappa shape index (κ2) is 6.55. The highest BCUT2D eigenvalue weighted by Crippen LogP contribution is 2.13. The Kier molecular flexibility index (Phi) is 5.03. The second-order valence-corrected chi connectivity index (χ2v) is 4.94. The van der Waals surface area contributed by atoms with Crippen LogP contribution >= 0.6 is 0 Å². The monoisotopic (exact) mass is 228 g/mol. The summed E-state index contributed by atoms with van der Waals surface area (Å²) in [6, 6.07) is 0.488. The molecule has 16 heavy (non-hydrogen) atoms. The fourth-order valence-corrected chi connectivity index (χ4v) is 2.49. The number of ether oxygens (including phenoxy) is 2. The minimum Gasteiger partial charge on any atom is -0.378 e. The Morgan fingerprint density at radius 1 is 1.25 bits per heavy atom. The van der Waals surface area contributed by atoms with Crippen molar-refractivity contribution < 1.29 is 9.47 Å². The molecule has 2 heterocycles. The molecule has 94 valence electrons. The van der Waals surface area contributed by atoms with Crippen molar-refractivity contribution in [3.8, 4) is 0 Å². The van der Waals surface area contributed by atoms with Gasteiger partial charge in [0.15, 0.2) is 0 Å². The van der Waals surface area contributed by atoms with E-state index in [-0.39, 0.29) is 0 Å². The third kappa shape index (κ3) is 4.01. The van der Waals surface area contributed by atoms with Crippen LogP contribution in [0.15, 0.2) is 0 Å². The smallest absolute Gasteiger partial charge is 0.0701 e. The largest absolute Gasteiger partial charge is 0.378 e. The highest BCUT2D eigenvalue weighted by atomic mass is 16.5. The van der Waals surface area contributed by atoms with E-state index in [1.54, 1.807) is 0 Å². The van der Waals surface area contributed by atoms with E-state index in [0.717, 1.165) is 39.5 Å². The molecule has 2 rings (SSSR count). The Balaban J connectivity index is 1.64. The molecule has 2 aliphatic rings. The average molecular weight is 228 g/mol. The normalized spacial score (nSPS) is 31.9. The van der Waals surface area contributed by atoms with Crippen LogP contribution < -0.4 is 5.32 Å². The summed E-state index contributed by atoms with van der Waals surface area (Å²) in [4.78, 5) is 2.36. The van der Waals surface area contributed by atoms with Crippen LogP contribution in [0.2, 0.25) is 0 Å². The molecular formula is C12H24N2O2. The Morgan fingerprint density at radius 2 is 2.19 bits per heavy atom. The average Bonchev–Trinajstić information content (AvgIpc) is 2.31. The van der Waals surface area contributed by atoms with Crippen molar-refractivity contribution in [3.63, 3.8) is 0 Å². The molecule has 0 amide bonds. The molecule has 0 aromatic heterocycles. The van der Waals surface area contributed by atoms with Crippen LogP contribution in [0.5, 0.6) is 0 Å². The topological polar surface area (TPSA) is 33.7 Å². The first-order valence-corrected chi connectivity index (χ1v) is 6.46. The van der Waals surface area contributed by atoms with Gasteiger partial charge in [0.25, 0.3) is 0 Å². The molecule has 2 aliphatic heterocycles. The minimum atomic E-state index is 0.447. The Labute approximate surface area is 98.3 Å². The Morgan fingerprint density at radius 3 is 2.88 bits per heavy atom. The Hall–Kier alpha value is -0.160. The molecule has 0 aliphatic carbocycles. The zero-order chi connectivity index (χ0) is 11.2. The first kappa shape index (κ1) is 12.3. The van der Waals surface area contributed by atoms with E-state index in [1.807, 2.05) is 0 Å². The van der Waals surface area contributed by atoms with Gasteiger partial charge in [-0.3, -0.25) is 0 Å². The highest BCUT2D eigenvalue weighted by Gasteiger charge is 2.19. The lowest BCUT2D eigenvalue weighted by atomic mass is 10.1. The van der Waals surface area contributed by atoms with Crippen LogP contribution in [0.25, 0.3) is 0 Å². The van der Waals surface area contributed by atoms with Crippen LogP contribution in [0.3, 0.4) is 0 Å². The molecule has 0 saturated carbocycles. The molecular weight excluding hydrogens is 204 g/mol. The fourth-order valence-electron chi connectivity index (χ4n) is 2.49. The number of nitrogens with one attached hydrogen (secondary N) is 1. The molecule has 0 aromatic rings. The van der Waals surface area contributed by atoms with Crippen molar-refractivity contribution in [2.45, 2.75) is 31.4 Å². The van der Waals surface area contributed by atoms with E-state index in [4.69, 9.17) is 9.47 Å². The molecule has 1 N–H and O–H groups in total. The number of morpholine rings is 1.